The highest BCUT2D eigenvalue weighted by Crippen LogP contribution is 2.47. The van der Waals surface area contributed by atoms with Crippen LogP contribution in [-0.2, 0) is 9.59 Å². The molecule has 5 rings (SSSR count). The van der Waals surface area contributed by atoms with E-state index in [1.807, 2.05) is 25.1 Å². The van der Waals surface area contributed by atoms with E-state index in [-0.39, 0.29) is 11.3 Å². The molecule has 4 aromatic rings. The summed E-state index contributed by atoms with van der Waals surface area (Å²) in [6.45, 7) is 1.97. The molecule has 1 N–H and O–H groups in total. The van der Waals surface area contributed by atoms with E-state index >= 15 is 0 Å². The molecule has 37 heavy (non-hydrogen) atoms. The Morgan fingerprint density at radius 3 is 2.30 bits per heavy atom. The molecule has 8 nitrogen and oxygen atoms in total. The van der Waals surface area contributed by atoms with Crippen LogP contribution >= 0.6 is 11.3 Å². The average Bonchev–Trinajstić information content (AvgIpc) is 3.45. The number of hydrogen-bond donors (Lipinski definition) is 1. The molecule has 1 saturated heterocycles. The van der Waals surface area contributed by atoms with Gasteiger partial charge in [-0.25, -0.2) is 4.98 Å². The van der Waals surface area contributed by atoms with Crippen LogP contribution < -0.4 is 19.1 Å². The third kappa shape index (κ3) is 4.17. The molecule has 1 aliphatic rings. The number of amides is 1. The third-order valence-electron chi connectivity index (χ3n) is 6.28. The van der Waals surface area contributed by atoms with E-state index in [9.17, 15) is 14.7 Å². The van der Waals surface area contributed by atoms with Gasteiger partial charge in [0.15, 0.2) is 5.13 Å². The van der Waals surface area contributed by atoms with Crippen LogP contribution in [0.3, 0.4) is 0 Å². The quantitative estimate of drug-likeness (QED) is 0.212. The fraction of sp³-hybridized carbons (Fsp3) is 0.179. The molecule has 188 valence electrons. The van der Waals surface area contributed by atoms with Crippen molar-refractivity contribution in [3.8, 4) is 17.2 Å². The lowest BCUT2D eigenvalue weighted by molar-refractivity contribution is -0.132. The number of benzene rings is 3. The molecule has 0 aliphatic carbocycles. The maximum absolute atomic E-state index is 13.5. The fourth-order valence-corrected chi connectivity index (χ4v) is 5.49. The molecule has 0 saturated carbocycles. The van der Waals surface area contributed by atoms with E-state index in [1.165, 1.54) is 37.6 Å². The molecular weight excluding hydrogens is 492 g/mol. The van der Waals surface area contributed by atoms with Crippen LogP contribution in [0.5, 0.6) is 17.2 Å². The monoisotopic (exact) mass is 516 g/mol. The van der Waals surface area contributed by atoms with Gasteiger partial charge in [-0.15, -0.1) is 0 Å². The number of fused-ring (bicyclic) bond motifs is 1. The summed E-state index contributed by atoms with van der Waals surface area (Å²) in [4.78, 5) is 33.0. The highest BCUT2D eigenvalue weighted by atomic mass is 32.1. The topological polar surface area (TPSA) is 98.2 Å². The number of aliphatic hydroxyl groups excluding tert-OH is 1. The fourth-order valence-electron chi connectivity index (χ4n) is 4.40. The van der Waals surface area contributed by atoms with Crippen molar-refractivity contribution in [2.45, 2.75) is 13.0 Å². The van der Waals surface area contributed by atoms with Crippen LogP contribution in [0.4, 0.5) is 5.13 Å². The first-order valence-corrected chi connectivity index (χ1v) is 12.2. The molecule has 0 unspecified atom stereocenters. The van der Waals surface area contributed by atoms with Gasteiger partial charge in [0.2, 0.25) is 0 Å². The first kappa shape index (κ1) is 24.3. The molecule has 1 aromatic heterocycles. The number of nitrogens with zero attached hydrogens (tertiary/aromatic N) is 2. The number of aliphatic hydroxyl groups is 1. The number of anilines is 1. The van der Waals surface area contributed by atoms with Crippen molar-refractivity contribution in [2.24, 2.45) is 0 Å². The van der Waals surface area contributed by atoms with E-state index in [0.29, 0.717) is 39.0 Å². The number of carbonyl (C=O) groups excluding carboxylic acids is 2. The van der Waals surface area contributed by atoms with Crippen molar-refractivity contribution in [1.29, 1.82) is 0 Å². The number of aryl methyl sites for hydroxylation is 1. The molecule has 0 radical (unpaired) electrons. The first-order chi connectivity index (χ1) is 17.9. The minimum atomic E-state index is -1.01. The summed E-state index contributed by atoms with van der Waals surface area (Å²) in [5, 5.41) is 11.7. The SMILES string of the molecule is COc1ccc(C(O)=C2C(=O)C(=O)N(c3nc4ccc(C)cc4s3)[C@H]2c2cc(OC)ccc2OC)cc1. The standard InChI is InChI=1S/C28H24N2O6S/c1-15-5-11-20-22(13-15)37-28(29-20)30-24(19-14-18(35-3)10-12-21(19)36-4)23(26(32)27(30)33)25(31)16-6-8-17(34-2)9-7-16/h5-14,24,31H,1-4H3/t24-/m0/s1. The van der Waals surface area contributed by atoms with Gasteiger partial charge in [0.05, 0.1) is 37.1 Å². The smallest absolute Gasteiger partial charge is 0.301 e. The minimum Gasteiger partial charge on any atom is -0.507 e. The van der Waals surface area contributed by atoms with Crippen LogP contribution in [0, 0.1) is 6.92 Å². The Kier molecular flexibility index (Phi) is 6.31. The molecule has 0 spiro atoms. The maximum Gasteiger partial charge on any atom is 0.301 e. The van der Waals surface area contributed by atoms with E-state index in [0.717, 1.165) is 10.3 Å². The van der Waals surface area contributed by atoms with Crippen LogP contribution in [0.1, 0.15) is 22.7 Å². The van der Waals surface area contributed by atoms with Crippen molar-refractivity contribution >= 4 is 44.1 Å². The zero-order chi connectivity index (χ0) is 26.3. The highest BCUT2D eigenvalue weighted by Gasteiger charge is 2.49. The number of methoxy groups -OCH3 is 3. The third-order valence-corrected chi connectivity index (χ3v) is 7.30. The molecule has 1 atom stereocenters. The van der Waals surface area contributed by atoms with Gasteiger partial charge in [-0.05, 0) is 67.1 Å². The molecule has 0 bridgehead atoms. The molecule has 1 amide bonds. The van der Waals surface area contributed by atoms with Gasteiger partial charge < -0.3 is 19.3 Å². The summed E-state index contributed by atoms with van der Waals surface area (Å²) in [6, 6.07) is 16.5. The molecule has 1 fully saturated rings. The predicted octanol–water partition coefficient (Wildman–Crippen LogP) is 5.26. The minimum absolute atomic E-state index is 0.0721. The van der Waals surface area contributed by atoms with Crippen molar-refractivity contribution in [3.63, 3.8) is 0 Å². The van der Waals surface area contributed by atoms with Gasteiger partial charge in [-0.2, -0.15) is 0 Å². The normalized spacial score (nSPS) is 16.9. The molecule has 1 aliphatic heterocycles. The summed E-state index contributed by atoms with van der Waals surface area (Å²) < 4.78 is 17.1. The Bertz CT molecular complexity index is 1560. The molecule has 2 heterocycles. The van der Waals surface area contributed by atoms with Crippen molar-refractivity contribution in [3.05, 3.63) is 82.9 Å². The zero-order valence-electron chi connectivity index (χ0n) is 20.6. The summed E-state index contributed by atoms with van der Waals surface area (Å²) in [7, 11) is 4.56. The van der Waals surface area contributed by atoms with Crippen molar-refractivity contribution < 1.29 is 28.9 Å². The average molecular weight is 517 g/mol. The van der Waals surface area contributed by atoms with Crippen molar-refractivity contribution in [1.82, 2.24) is 4.98 Å². The Labute approximate surface area is 217 Å². The summed E-state index contributed by atoms with van der Waals surface area (Å²) >= 11 is 1.30. The number of hydrogen-bond acceptors (Lipinski definition) is 8. The summed E-state index contributed by atoms with van der Waals surface area (Å²) in [6.07, 6.45) is 0. The summed E-state index contributed by atoms with van der Waals surface area (Å²) in [5.41, 5.74) is 2.53. The van der Waals surface area contributed by atoms with Gasteiger partial charge in [-0.3, -0.25) is 14.5 Å². The van der Waals surface area contributed by atoms with Crippen molar-refractivity contribution in [2.75, 3.05) is 26.2 Å². The number of thiazole rings is 1. The van der Waals surface area contributed by atoms with Crippen LogP contribution in [0.25, 0.3) is 16.0 Å². The van der Waals surface area contributed by atoms with E-state index in [1.54, 1.807) is 42.5 Å². The Morgan fingerprint density at radius 2 is 1.62 bits per heavy atom. The second-order valence-corrected chi connectivity index (χ2v) is 9.48. The number of carbonyl (C=O) groups is 2. The van der Waals surface area contributed by atoms with Crippen LogP contribution in [0.2, 0.25) is 0 Å². The first-order valence-electron chi connectivity index (χ1n) is 11.4. The zero-order valence-corrected chi connectivity index (χ0v) is 21.5. The van der Waals surface area contributed by atoms with Crippen LogP contribution in [0.15, 0.2) is 66.2 Å². The Hall–Kier alpha value is -4.37. The highest BCUT2D eigenvalue weighted by molar-refractivity contribution is 7.22. The number of ether oxygens (including phenoxy) is 3. The number of ketones is 1. The van der Waals surface area contributed by atoms with E-state index in [4.69, 9.17) is 14.2 Å². The van der Waals surface area contributed by atoms with Crippen LogP contribution in [-0.4, -0.2) is 43.1 Å². The van der Waals surface area contributed by atoms with E-state index in [2.05, 4.69) is 4.98 Å². The maximum atomic E-state index is 13.5. The number of rotatable bonds is 6. The second kappa shape index (κ2) is 9.59. The predicted molar refractivity (Wildman–Crippen MR) is 142 cm³/mol. The molecular formula is C28H24N2O6S. The number of Topliss-reactive ketones (excluding diaryl/α,β-unsaturated/α-hetero) is 1. The lowest BCUT2D eigenvalue weighted by atomic mass is 9.94. The Morgan fingerprint density at radius 1 is 0.919 bits per heavy atom. The van der Waals surface area contributed by atoms with Gasteiger partial charge in [0, 0.05) is 11.1 Å². The lowest BCUT2D eigenvalue weighted by Crippen LogP contribution is -2.29. The molecule has 9 heteroatoms. The van der Waals surface area contributed by atoms with Gasteiger partial charge >= 0.3 is 5.91 Å². The largest absolute Gasteiger partial charge is 0.507 e. The number of aromatic nitrogens is 1. The second-order valence-electron chi connectivity index (χ2n) is 8.47. The van der Waals surface area contributed by atoms with Gasteiger partial charge in [0.1, 0.15) is 29.0 Å². The van der Waals surface area contributed by atoms with Gasteiger partial charge in [-0.1, -0.05) is 17.4 Å². The van der Waals surface area contributed by atoms with Gasteiger partial charge in [0.25, 0.3) is 5.78 Å². The lowest BCUT2D eigenvalue weighted by Gasteiger charge is -2.25. The van der Waals surface area contributed by atoms with E-state index < -0.39 is 17.7 Å². The molecule has 3 aromatic carbocycles. The summed E-state index contributed by atoms with van der Waals surface area (Å²) in [5.74, 6) is -0.400. The Balaban J connectivity index is 1.77.